The average molecular weight is 595 g/mol. The summed E-state index contributed by atoms with van der Waals surface area (Å²) in [5.74, 6) is 0.188. The fourth-order valence-electron chi connectivity index (χ4n) is 4.53. The van der Waals surface area contributed by atoms with Crippen LogP contribution in [0.3, 0.4) is 0 Å². The van der Waals surface area contributed by atoms with E-state index in [2.05, 4.69) is 21.2 Å². The van der Waals surface area contributed by atoms with Crippen molar-refractivity contribution in [1.82, 2.24) is 10.2 Å². The van der Waals surface area contributed by atoms with Gasteiger partial charge in [0.1, 0.15) is 11.8 Å². The Bertz CT molecular complexity index is 1170. The summed E-state index contributed by atoms with van der Waals surface area (Å²) < 4.78 is 32.4. The van der Waals surface area contributed by atoms with Gasteiger partial charge in [0.2, 0.25) is 21.8 Å². The number of halogens is 1. The lowest BCUT2D eigenvalue weighted by atomic mass is 10.1. The second kappa shape index (κ2) is 13.3. The van der Waals surface area contributed by atoms with E-state index in [4.69, 9.17) is 4.74 Å². The normalized spacial score (nSPS) is 14.7. The van der Waals surface area contributed by atoms with Crippen LogP contribution in [0.1, 0.15) is 51.0 Å². The molecule has 2 aromatic rings. The molecule has 202 valence electrons. The van der Waals surface area contributed by atoms with Gasteiger partial charge in [-0.2, -0.15) is 0 Å². The number of methoxy groups -OCH3 is 1. The maximum absolute atomic E-state index is 13.4. The van der Waals surface area contributed by atoms with Crippen molar-refractivity contribution in [2.45, 2.75) is 64.1 Å². The number of carbonyl (C=O) groups is 2. The SMILES string of the molecule is COc1cccc(N(CCCC(=O)N(Cc2ccc(Br)cc2)[C@H](C)C(=O)NC2CCCC2)S(C)(=O)=O)c1. The van der Waals surface area contributed by atoms with Crippen molar-refractivity contribution in [3.8, 4) is 5.75 Å². The van der Waals surface area contributed by atoms with Crippen LogP contribution in [0.15, 0.2) is 53.0 Å². The van der Waals surface area contributed by atoms with Crippen LogP contribution in [0, 0.1) is 0 Å². The molecule has 0 spiro atoms. The number of benzene rings is 2. The lowest BCUT2D eigenvalue weighted by molar-refractivity contribution is -0.141. The van der Waals surface area contributed by atoms with E-state index >= 15 is 0 Å². The molecule has 0 radical (unpaired) electrons. The third-order valence-corrected chi connectivity index (χ3v) is 8.35. The van der Waals surface area contributed by atoms with E-state index in [1.54, 1.807) is 36.1 Å². The van der Waals surface area contributed by atoms with Gasteiger partial charge >= 0.3 is 0 Å². The van der Waals surface area contributed by atoms with Crippen molar-refractivity contribution < 1.29 is 22.7 Å². The highest BCUT2D eigenvalue weighted by atomic mass is 79.9. The van der Waals surface area contributed by atoms with E-state index in [1.807, 2.05) is 24.3 Å². The van der Waals surface area contributed by atoms with Crippen LogP contribution in [0.4, 0.5) is 5.69 Å². The Morgan fingerprint density at radius 2 is 1.81 bits per heavy atom. The molecule has 37 heavy (non-hydrogen) atoms. The average Bonchev–Trinajstić information content (AvgIpc) is 3.38. The minimum atomic E-state index is -3.57. The molecule has 8 nitrogen and oxygen atoms in total. The van der Waals surface area contributed by atoms with E-state index in [-0.39, 0.29) is 37.4 Å². The zero-order valence-electron chi connectivity index (χ0n) is 21.7. The maximum atomic E-state index is 13.4. The van der Waals surface area contributed by atoms with E-state index in [1.165, 1.54) is 11.4 Å². The third-order valence-electron chi connectivity index (χ3n) is 6.63. The van der Waals surface area contributed by atoms with Gasteiger partial charge in [0.25, 0.3) is 0 Å². The van der Waals surface area contributed by atoms with Crippen LogP contribution in [0.5, 0.6) is 5.75 Å². The summed E-state index contributed by atoms with van der Waals surface area (Å²) in [7, 11) is -2.05. The van der Waals surface area contributed by atoms with Crippen molar-refractivity contribution in [1.29, 1.82) is 0 Å². The van der Waals surface area contributed by atoms with Crippen molar-refractivity contribution in [3.63, 3.8) is 0 Å². The number of hydrogen-bond donors (Lipinski definition) is 1. The predicted molar refractivity (Wildman–Crippen MR) is 149 cm³/mol. The van der Waals surface area contributed by atoms with Crippen LogP contribution in [0.2, 0.25) is 0 Å². The highest BCUT2D eigenvalue weighted by molar-refractivity contribution is 9.10. The largest absolute Gasteiger partial charge is 0.497 e. The molecule has 0 aromatic heterocycles. The highest BCUT2D eigenvalue weighted by Gasteiger charge is 2.28. The second-order valence-electron chi connectivity index (χ2n) is 9.45. The Hall–Kier alpha value is -2.59. The Morgan fingerprint density at radius 1 is 1.14 bits per heavy atom. The molecule has 2 amide bonds. The molecule has 2 aromatic carbocycles. The van der Waals surface area contributed by atoms with Gasteiger partial charge in [-0.25, -0.2) is 8.42 Å². The monoisotopic (exact) mass is 593 g/mol. The first kappa shape index (κ1) is 29.0. The molecule has 1 saturated carbocycles. The van der Waals surface area contributed by atoms with Crippen LogP contribution in [-0.4, -0.2) is 57.1 Å². The number of nitrogens with zero attached hydrogens (tertiary/aromatic N) is 2. The molecule has 0 unspecified atom stereocenters. The van der Waals surface area contributed by atoms with Gasteiger partial charge in [-0.3, -0.25) is 13.9 Å². The molecular formula is C27H36BrN3O5S. The van der Waals surface area contributed by atoms with Crippen molar-refractivity contribution in [2.24, 2.45) is 0 Å². The lowest BCUT2D eigenvalue weighted by Crippen LogP contribution is -2.49. The first-order valence-electron chi connectivity index (χ1n) is 12.5. The number of amides is 2. The number of hydrogen-bond acceptors (Lipinski definition) is 5. The topological polar surface area (TPSA) is 96.0 Å². The fraction of sp³-hybridized carbons (Fsp3) is 0.481. The Morgan fingerprint density at radius 3 is 2.43 bits per heavy atom. The van der Waals surface area contributed by atoms with Crippen molar-refractivity contribution >= 4 is 43.5 Å². The van der Waals surface area contributed by atoms with Gasteiger partial charge in [0.05, 0.1) is 19.1 Å². The van der Waals surface area contributed by atoms with Gasteiger partial charge in [-0.05, 0) is 56.0 Å². The molecule has 1 N–H and O–H groups in total. The Balaban J connectivity index is 1.71. The molecule has 0 heterocycles. The van der Waals surface area contributed by atoms with Crippen LogP contribution >= 0.6 is 15.9 Å². The summed E-state index contributed by atoms with van der Waals surface area (Å²) in [6, 6.07) is 14.0. The fourth-order valence-corrected chi connectivity index (χ4v) is 5.75. The first-order chi connectivity index (χ1) is 17.6. The second-order valence-corrected chi connectivity index (χ2v) is 12.3. The molecule has 10 heteroatoms. The first-order valence-corrected chi connectivity index (χ1v) is 15.2. The summed E-state index contributed by atoms with van der Waals surface area (Å²) in [6.07, 6.45) is 5.68. The van der Waals surface area contributed by atoms with Crippen molar-refractivity contribution in [3.05, 3.63) is 58.6 Å². The molecule has 1 atom stereocenters. The van der Waals surface area contributed by atoms with E-state index in [0.717, 1.165) is 42.0 Å². The molecule has 0 aliphatic heterocycles. The molecule has 0 saturated heterocycles. The quantitative estimate of drug-likeness (QED) is 0.391. The Kier molecular flexibility index (Phi) is 10.4. The van der Waals surface area contributed by atoms with Crippen molar-refractivity contribution in [2.75, 3.05) is 24.2 Å². The summed E-state index contributed by atoms with van der Waals surface area (Å²) >= 11 is 3.43. The van der Waals surface area contributed by atoms with Gasteiger partial charge < -0.3 is 15.0 Å². The number of ether oxygens (including phenoxy) is 1. The number of anilines is 1. The number of rotatable bonds is 12. The predicted octanol–water partition coefficient (Wildman–Crippen LogP) is 4.48. The lowest BCUT2D eigenvalue weighted by Gasteiger charge is -2.30. The number of nitrogens with one attached hydrogen (secondary N) is 1. The molecule has 1 aliphatic rings. The maximum Gasteiger partial charge on any atom is 0.242 e. The molecular weight excluding hydrogens is 558 g/mol. The van der Waals surface area contributed by atoms with E-state index in [9.17, 15) is 18.0 Å². The van der Waals surface area contributed by atoms with Gasteiger partial charge in [-0.15, -0.1) is 0 Å². The summed E-state index contributed by atoms with van der Waals surface area (Å²) in [5.41, 5.74) is 1.39. The third kappa shape index (κ3) is 8.46. The summed E-state index contributed by atoms with van der Waals surface area (Å²) in [6.45, 7) is 2.17. The minimum Gasteiger partial charge on any atom is -0.497 e. The molecule has 1 fully saturated rings. The summed E-state index contributed by atoms with van der Waals surface area (Å²) in [4.78, 5) is 28.0. The molecule has 1 aliphatic carbocycles. The van der Waals surface area contributed by atoms with Gasteiger partial charge in [0, 0.05) is 36.1 Å². The smallest absolute Gasteiger partial charge is 0.242 e. The number of carbonyl (C=O) groups excluding carboxylic acids is 2. The standard InChI is InChI=1S/C27H36BrN3O5S/c1-20(27(33)29-23-8-4-5-9-23)30(19-21-13-15-22(28)16-14-21)26(32)12-7-17-31(37(3,34)35)24-10-6-11-25(18-24)36-2/h6,10-11,13-16,18,20,23H,4-5,7-9,12,17,19H2,1-3H3,(H,29,33)/t20-/m1/s1. The van der Waals surface area contributed by atoms with Crippen LogP contribution < -0.4 is 14.4 Å². The molecule has 0 bridgehead atoms. The van der Waals surface area contributed by atoms with Crippen LogP contribution in [0.25, 0.3) is 0 Å². The van der Waals surface area contributed by atoms with Gasteiger partial charge in [0.15, 0.2) is 0 Å². The highest BCUT2D eigenvalue weighted by Crippen LogP contribution is 2.24. The van der Waals surface area contributed by atoms with E-state index < -0.39 is 16.1 Å². The van der Waals surface area contributed by atoms with E-state index in [0.29, 0.717) is 17.9 Å². The minimum absolute atomic E-state index is 0.105. The zero-order valence-corrected chi connectivity index (χ0v) is 24.1. The zero-order chi connectivity index (χ0) is 27.0. The number of sulfonamides is 1. The van der Waals surface area contributed by atoms with Crippen LogP contribution in [-0.2, 0) is 26.2 Å². The summed E-state index contributed by atoms with van der Waals surface area (Å²) in [5, 5.41) is 3.10. The van der Waals surface area contributed by atoms with Gasteiger partial charge in [-0.1, -0.05) is 47.0 Å². The Labute approximate surface area is 228 Å². The molecule has 3 rings (SSSR count).